The van der Waals surface area contributed by atoms with E-state index in [4.69, 9.17) is 5.73 Å². The van der Waals surface area contributed by atoms with E-state index in [-0.39, 0.29) is 6.04 Å². The minimum Gasteiger partial charge on any atom is -0.377 e. The molecule has 0 saturated carbocycles. The number of anilines is 1. The summed E-state index contributed by atoms with van der Waals surface area (Å²) in [5.74, 6) is 0. The molecular formula is C18H23BrN2. The maximum Gasteiger partial charge on any atom is 0.0638 e. The van der Waals surface area contributed by atoms with Crippen LogP contribution < -0.4 is 11.1 Å². The summed E-state index contributed by atoms with van der Waals surface area (Å²) in [7, 11) is 0. The molecule has 0 aliphatic rings. The van der Waals surface area contributed by atoms with Gasteiger partial charge in [0, 0.05) is 16.7 Å². The normalized spacial score (nSPS) is 12.2. The zero-order chi connectivity index (χ0) is 15.4. The van der Waals surface area contributed by atoms with E-state index in [1.165, 1.54) is 26.7 Å². The van der Waals surface area contributed by atoms with Crippen LogP contribution >= 0.6 is 15.9 Å². The van der Waals surface area contributed by atoms with Crippen LogP contribution in [0, 0.1) is 13.8 Å². The maximum absolute atomic E-state index is 6.01. The third-order valence-electron chi connectivity index (χ3n) is 3.82. The third kappa shape index (κ3) is 3.66. The summed E-state index contributed by atoms with van der Waals surface area (Å²) in [6.45, 7) is 6.98. The lowest BCUT2D eigenvalue weighted by Gasteiger charge is -2.22. The topological polar surface area (TPSA) is 38.0 Å². The van der Waals surface area contributed by atoms with Crippen LogP contribution in [0.1, 0.15) is 35.2 Å². The fourth-order valence-corrected chi connectivity index (χ4v) is 2.92. The summed E-state index contributed by atoms with van der Waals surface area (Å²) < 4.78 is 1.17. The molecule has 0 fully saturated rings. The molecule has 0 aliphatic carbocycles. The van der Waals surface area contributed by atoms with Crippen molar-refractivity contribution >= 4 is 21.6 Å². The first-order valence-electron chi connectivity index (χ1n) is 7.38. The van der Waals surface area contributed by atoms with Crippen molar-refractivity contribution in [2.75, 3.05) is 11.9 Å². The van der Waals surface area contributed by atoms with E-state index in [0.29, 0.717) is 6.54 Å². The number of nitrogens with two attached hydrogens (primary N) is 1. The molecule has 0 radical (unpaired) electrons. The van der Waals surface area contributed by atoms with Gasteiger partial charge in [-0.05, 0) is 54.7 Å². The minimum atomic E-state index is 0.140. The second-order valence-electron chi connectivity index (χ2n) is 5.41. The second kappa shape index (κ2) is 7.10. The van der Waals surface area contributed by atoms with Crippen LogP contribution in [0.2, 0.25) is 0 Å². The van der Waals surface area contributed by atoms with Gasteiger partial charge in [-0.15, -0.1) is 0 Å². The van der Waals surface area contributed by atoms with E-state index in [9.17, 15) is 0 Å². The molecule has 2 aromatic rings. The van der Waals surface area contributed by atoms with Crippen LogP contribution in [-0.4, -0.2) is 6.54 Å². The van der Waals surface area contributed by atoms with Crippen molar-refractivity contribution in [3.05, 3.63) is 63.1 Å². The number of nitrogens with one attached hydrogen (secondary N) is 1. The number of aryl methyl sites for hydroxylation is 3. The Bertz CT molecular complexity index is 599. The average molecular weight is 347 g/mol. The molecular weight excluding hydrogens is 324 g/mol. The summed E-state index contributed by atoms with van der Waals surface area (Å²) in [5, 5.41) is 3.58. The first-order valence-corrected chi connectivity index (χ1v) is 8.17. The van der Waals surface area contributed by atoms with Crippen LogP contribution in [0.5, 0.6) is 0 Å². The van der Waals surface area contributed by atoms with E-state index >= 15 is 0 Å². The highest BCUT2D eigenvalue weighted by Gasteiger charge is 2.13. The van der Waals surface area contributed by atoms with Gasteiger partial charge in [0.25, 0.3) is 0 Å². The molecule has 1 unspecified atom stereocenters. The van der Waals surface area contributed by atoms with Gasteiger partial charge in [0.1, 0.15) is 0 Å². The molecule has 21 heavy (non-hydrogen) atoms. The largest absolute Gasteiger partial charge is 0.377 e. The molecule has 0 bridgehead atoms. The first kappa shape index (κ1) is 16.1. The number of hydrogen-bond donors (Lipinski definition) is 2. The highest BCUT2D eigenvalue weighted by molar-refractivity contribution is 9.10. The SMILES string of the molecule is CCc1ccccc1C(CN)Nc1cc(C)c(Br)c(C)c1. The predicted octanol–water partition coefficient (Wildman–Crippen LogP) is 4.74. The zero-order valence-electron chi connectivity index (χ0n) is 12.9. The molecule has 112 valence electrons. The van der Waals surface area contributed by atoms with Gasteiger partial charge in [0.2, 0.25) is 0 Å². The van der Waals surface area contributed by atoms with Crippen molar-refractivity contribution in [3.63, 3.8) is 0 Å². The Morgan fingerprint density at radius 2 is 1.76 bits per heavy atom. The Hall–Kier alpha value is -1.32. The first-order chi connectivity index (χ1) is 10.1. The molecule has 0 spiro atoms. The average Bonchev–Trinajstić information content (AvgIpc) is 2.50. The number of hydrogen-bond acceptors (Lipinski definition) is 2. The summed E-state index contributed by atoms with van der Waals surface area (Å²) in [6, 6.07) is 13.0. The van der Waals surface area contributed by atoms with E-state index in [1.54, 1.807) is 0 Å². The van der Waals surface area contributed by atoms with Crippen molar-refractivity contribution in [1.29, 1.82) is 0 Å². The highest BCUT2D eigenvalue weighted by atomic mass is 79.9. The quantitative estimate of drug-likeness (QED) is 0.820. The third-order valence-corrected chi connectivity index (χ3v) is 5.08. The van der Waals surface area contributed by atoms with Crippen LogP contribution in [0.25, 0.3) is 0 Å². The van der Waals surface area contributed by atoms with Crippen molar-refractivity contribution in [2.45, 2.75) is 33.2 Å². The lowest BCUT2D eigenvalue weighted by atomic mass is 9.98. The van der Waals surface area contributed by atoms with Crippen molar-refractivity contribution < 1.29 is 0 Å². The van der Waals surface area contributed by atoms with Gasteiger partial charge in [0.05, 0.1) is 6.04 Å². The molecule has 2 nitrogen and oxygen atoms in total. The lowest BCUT2D eigenvalue weighted by Crippen LogP contribution is -2.22. The molecule has 0 aromatic heterocycles. The summed E-state index contributed by atoms with van der Waals surface area (Å²) >= 11 is 3.61. The van der Waals surface area contributed by atoms with E-state index < -0.39 is 0 Å². The van der Waals surface area contributed by atoms with Gasteiger partial charge in [-0.1, -0.05) is 47.1 Å². The molecule has 2 rings (SSSR count). The fraction of sp³-hybridized carbons (Fsp3) is 0.333. The zero-order valence-corrected chi connectivity index (χ0v) is 14.5. The summed E-state index contributed by atoms with van der Waals surface area (Å²) in [5.41, 5.74) is 12.2. The minimum absolute atomic E-state index is 0.140. The number of halogens is 1. The smallest absolute Gasteiger partial charge is 0.0638 e. The second-order valence-corrected chi connectivity index (χ2v) is 6.20. The van der Waals surface area contributed by atoms with Gasteiger partial charge in [-0.2, -0.15) is 0 Å². The summed E-state index contributed by atoms with van der Waals surface area (Å²) in [4.78, 5) is 0. The van der Waals surface area contributed by atoms with E-state index in [1.807, 2.05) is 0 Å². The van der Waals surface area contributed by atoms with Crippen molar-refractivity contribution in [3.8, 4) is 0 Å². The number of rotatable bonds is 5. The Labute approximate surface area is 135 Å². The van der Waals surface area contributed by atoms with Gasteiger partial charge in [-0.3, -0.25) is 0 Å². The standard InChI is InChI=1S/C18H23BrN2/c1-4-14-7-5-6-8-16(14)17(11-20)21-15-9-12(2)18(19)13(3)10-15/h5-10,17,21H,4,11,20H2,1-3H3. The molecule has 0 heterocycles. The van der Waals surface area contributed by atoms with E-state index in [0.717, 1.165) is 12.1 Å². The summed E-state index contributed by atoms with van der Waals surface area (Å²) in [6.07, 6.45) is 1.02. The van der Waals surface area contributed by atoms with Crippen molar-refractivity contribution in [2.24, 2.45) is 5.73 Å². The number of benzene rings is 2. The van der Waals surface area contributed by atoms with Gasteiger partial charge in [-0.25, -0.2) is 0 Å². The van der Waals surface area contributed by atoms with Gasteiger partial charge in [0.15, 0.2) is 0 Å². The Morgan fingerprint density at radius 1 is 1.14 bits per heavy atom. The predicted molar refractivity (Wildman–Crippen MR) is 94.9 cm³/mol. The Morgan fingerprint density at radius 3 is 2.33 bits per heavy atom. The van der Waals surface area contributed by atoms with Gasteiger partial charge >= 0.3 is 0 Å². The Balaban J connectivity index is 2.31. The van der Waals surface area contributed by atoms with Crippen LogP contribution in [0.4, 0.5) is 5.69 Å². The monoisotopic (exact) mass is 346 g/mol. The molecule has 0 amide bonds. The molecule has 3 N–H and O–H groups in total. The Kier molecular flexibility index (Phi) is 5.43. The van der Waals surface area contributed by atoms with E-state index in [2.05, 4.69) is 78.4 Å². The molecule has 2 aromatic carbocycles. The maximum atomic E-state index is 6.01. The molecule has 3 heteroatoms. The molecule has 0 saturated heterocycles. The molecule has 1 atom stereocenters. The van der Waals surface area contributed by atoms with Gasteiger partial charge < -0.3 is 11.1 Å². The molecule has 0 aliphatic heterocycles. The fourth-order valence-electron chi connectivity index (χ4n) is 2.69. The van der Waals surface area contributed by atoms with Crippen LogP contribution in [-0.2, 0) is 6.42 Å². The van der Waals surface area contributed by atoms with Crippen molar-refractivity contribution in [1.82, 2.24) is 0 Å². The van der Waals surface area contributed by atoms with Crippen LogP contribution in [0.15, 0.2) is 40.9 Å². The highest BCUT2D eigenvalue weighted by Crippen LogP contribution is 2.28. The lowest BCUT2D eigenvalue weighted by molar-refractivity contribution is 0.777. The van der Waals surface area contributed by atoms with Crippen LogP contribution in [0.3, 0.4) is 0 Å².